The fraction of sp³-hybridized carbons (Fsp3) is 0.375. The Morgan fingerprint density at radius 3 is 2.25 bits per heavy atom. The highest BCUT2D eigenvalue weighted by molar-refractivity contribution is 6.31. The summed E-state index contributed by atoms with van der Waals surface area (Å²) in [4.78, 5) is 3.02. The van der Waals surface area contributed by atoms with Gasteiger partial charge in [0.2, 0.25) is 0 Å². The zero-order valence-electron chi connectivity index (χ0n) is 7.45. The normalized spacial score (nSPS) is 12.2. The van der Waals surface area contributed by atoms with Gasteiger partial charge in [-0.1, -0.05) is 11.6 Å². The molecule has 0 unspecified atom stereocenters. The van der Waals surface area contributed by atoms with E-state index >= 15 is 0 Å². The topological polar surface area (TPSA) is 12.9 Å². The van der Waals surface area contributed by atoms with Gasteiger partial charge in [-0.05, 0) is 6.07 Å². The van der Waals surface area contributed by atoms with Gasteiger partial charge < -0.3 is 0 Å². The lowest BCUT2D eigenvalue weighted by Gasteiger charge is -2.12. The highest BCUT2D eigenvalue weighted by atomic mass is 35.5. The Morgan fingerprint density at radius 1 is 1.31 bits per heavy atom. The summed E-state index contributed by atoms with van der Waals surface area (Å²) in [7, 11) is 0. The molecular weight excluding hydrogens is 276 g/mol. The number of alkyl halides is 6. The van der Waals surface area contributed by atoms with Crippen LogP contribution in [-0.4, -0.2) is 4.98 Å². The number of aromatic nitrogens is 1. The molecule has 0 aliphatic heterocycles. The van der Waals surface area contributed by atoms with Crippen LogP contribution < -0.4 is 0 Å². The van der Waals surface area contributed by atoms with Crippen molar-refractivity contribution in [2.45, 2.75) is 18.5 Å². The number of nitrogens with zero attached hydrogens (tertiary/aromatic N) is 1. The van der Waals surface area contributed by atoms with Crippen LogP contribution in [0.5, 0.6) is 0 Å². The smallest absolute Gasteiger partial charge is 0.246 e. The predicted octanol–water partition coefficient (Wildman–Crippen LogP) is 4.43. The lowest BCUT2D eigenvalue weighted by Crippen LogP contribution is -2.11. The van der Waals surface area contributed by atoms with Crippen molar-refractivity contribution in [2.24, 2.45) is 0 Å². The molecule has 0 radical (unpaired) electrons. The van der Waals surface area contributed by atoms with Crippen molar-refractivity contribution in [1.82, 2.24) is 4.98 Å². The lowest BCUT2D eigenvalue weighted by atomic mass is 10.2. The first-order chi connectivity index (χ1) is 7.27. The van der Waals surface area contributed by atoms with Crippen LogP contribution in [0.1, 0.15) is 23.4 Å². The van der Waals surface area contributed by atoms with Gasteiger partial charge in [-0.25, -0.2) is 13.8 Å². The minimum absolute atomic E-state index is 0.360. The summed E-state index contributed by atoms with van der Waals surface area (Å²) >= 11 is 10.6. The van der Waals surface area contributed by atoms with Crippen LogP contribution in [0.4, 0.5) is 22.0 Å². The molecule has 0 atom stereocenters. The molecule has 0 spiro atoms. The van der Waals surface area contributed by atoms with Gasteiger partial charge in [-0.15, -0.1) is 11.6 Å². The first-order valence-electron chi connectivity index (χ1n) is 3.88. The summed E-state index contributed by atoms with van der Waals surface area (Å²) < 4.78 is 61.7. The van der Waals surface area contributed by atoms with Crippen LogP contribution in [0.15, 0.2) is 6.07 Å². The highest BCUT2D eigenvalue weighted by Crippen LogP contribution is 2.35. The van der Waals surface area contributed by atoms with Crippen molar-refractivity contribution >= 4 is 23.2 Å². The van der Waals surface area contributed by atoms with Gasteiger partial charge in [0.1, 0.15) is 5.69 Å². The van der Waals surface area contributed by atoms with E-state index in [-0.39, 0.29) is 0 Å². The Bertz CT molecular complexity index is 391. The summed E-state index contributed by atoms with van der Waals surface area (Å²) in [6.07, 6.45) is -7.76. The van der Waals surface area contributed by atoms with Gasteiger partial charge >= 0.3 is 6.18 Å². The average Bonchev–Trinajstić information content (AvgIpc) is 2.14. The van der Waals surface area contributed by atoms with Gasteiger partial charge in [0.05, 0.1) is 22.2 Å². The zero-order valence-corrected chi connectivity index (χ0v) is 8.97. The molecule has 1 aromatic rings. The largest absolute Gasteiger partial charge is 0.433 e. The molecule has 0 fully saturated rings. The Balaban J connectivity index is 3.38. The summed E-state index contributed by atoms with van der Waals surface area (Å²) in [6.45, 7) is 0. The molecule has 8 heteroatoms. The molecule has 0 aromatic carbocycles. The second-order valence-corrected chi connectivity index (χ2v) is 3.46. The average molecular weight is 280 g/mol. The predicted molar refractivity (Wildman–Crippen MR) is 48.8 cm³/mol. The summed E-state index contributed by atoms with van der Waals surface area (Å²) in [5.74, 6) is -0.566. The third kappa shape index (κ3) is 2.74. The molecule has 1 nitrogen and oxygen atoms in total. The van der Waals surface area contributed by atoms with Gasteiger partial charge in [0, 0.05) is 0 Å². The standard InChI is InChI=1S/C8H4Cl2F5N/c9-2-4-6(7(11)12)3(10)1-5(16-4)8(13,14)15/h1,7H,2H2. The molecule has 0 aliphatic rings. The van der Waals surface area contributed by atoms with E-state index in [1.54, 1.807) is 0 Å². The highest BCUT2D eigenvalue weighted by Gasteiger charge is 2.34. The van der Waals surface area contributed by atoms with E-state index in [2.05, 4.69) is 4.98 Å². The fourth-order valence-corrected chi connectivity index (χ4v) is 1.55. The maximum absolute atomic E-state index is 12.4. The van der Waals surface area contributed by atoms with Crippen molar-refractivity contribution in [1.29, 1.82) is 0 Å². The van der Waals surface area contributed by atoms with E-state index in [1.807, 2.05) is 0 Å². The van der Waals surface area contributed by atoms with Crippen molar-refractivity contribution < 1.29 is 22.0 Å². The zero-order chi connectivity index (χ0) is 12.5. The monoisotopic (exact) mass is 279 g/mol. The summed E-state index contributed by atoms with van der Waals surface area (Å²) in [5.41, 5.74) is -2.65. The molecule has 0 bridgehead atoms. The van der Waals surface area contributed by atoms with E-state index in [1.165, 1.54) is 0 Å². The van der Waals surface area contributed by atoms with E-state index in [0.717, 1.165) is 0 Å². The van der Waals surface area contributed by atoms with E-state index < -0.39 is 40.5 Å². The minimum atomic E-state index is -4.74. The van der Waals surface area contributed by atoms with E-state index in [9.17, 15) is 22.0 Å². The summed E-state index contributed by atoms with van der Waals surface area (Å²) in [6, 6.07) is 0.360. The van der Waals surface area contributed by atoms with Gasteiger partial charge in [-0.3, -0.25) is 0 Å². The molecule has 0 saturated carbocycles. The molecule has 0 N–H and O–H groups in total. The molecule has 1 aromatic heterocycles. The van der Waals surface area contributed by atoms with Crippen molar-refractivity contribution in [3.63, 3.8) is 0 Å². The Kier molecular flexibility index (Phi) is 3.96. The van der Waals surface area contributed by atoms with E-state index in [0.29, 0.717) is 6.07 Å². The van der Waals surface area contributed by atoms with Crippen LogP contribution in [-0.2, 0) is 12.1 Å². The number of hydrogen-bond acceptors (Lipinski definition) is 1. The van der Waals surface area contributed by atoms with Gasteiger partial charge in [0.15, 0.2) is 0 Å². The molecule has 90 valence electrons. The fourth-order valence-electron chi connectivity index (χ4n) is 1.05. The molecule has 0 amide bonds. The Labute approximate surface area is 97.2 Å². The van der Waals surface area contributed by atoms with Crippen molar-refractivity contribution in [2.75, 3.05) is 0 Å². The molecule has 0 aliphatic carbocycles. The van der Waals surface area contributed by atoms with Crippen LogP contribution >= 0.6 is 23.2 Å². The second kappa shape index (κ2) is 4.71. The maximum atomic E-state index is 12.4. The lowest BCUT2D eigenvalue weighted by molar-refractivity contribution is -0.141. The number of hydrogen-bond donors (Lipinski definition) is 0. The Hall–Kier alpha value is -0.620. The molecular formula is C8H4Cl2F5N. The second-order valence-electron chi connectivity index (χ2n) is 2.78. The molecule has 1 heterocycles. The third-order valence-electron chi connectivity index (χ3n) is 1.72. The number of pyridine rings is 1. The first-order valence-corrected chi connectivity index (χ1v) is 4.79. The molecule has 0 saturated heterocycles. The van der Waals surface area contributed by atoms with Crippen molar-refractivity contribution in [3.05, 3.63) is 28.0 Å². The molecule has 1 rings (SSSR count). The number of rotatable bonds is 2. The Morgan fingerprint density at radius 2 is 1.88 bits per heavy atom. The summed E-state index contributed by atoms with van der Waals surface area (Å²) in [5, 5.41) is -0.687. The van der Waals surface area contributed by atoms with Crippen LogP contribution in [0.25, 0.3) is 0 Å². The minimum Gasteiger partial charge on any atom is -0.246 e. The quantitative estimate of drug-likeness (QED) is 0.576. The SMILES string of the molecule is FC(F)c1c(Cl)cc(C(F)(F)F)nc1CCl. The van der Waals surface area contributed by atoms with Crippen LogP contribution in [0.3, 0.4) is 0 Å². The van der Waals surface area contributed by atoms with Gasteiger partial charge in [-0.2, -0.15) is 13.2 Å². The van der Waals surface area contributed by atoms with Crippen LogP contribution in [0.2, 0.25) is 5.02 Å². The third-order valence-corrected chi connectivity index (χ3v) is 2.29. The van der Waals surface area contributed by atoms with Crippen molar-refractivity contribution in [3.8, 4) is 0 Å². The maximum Gasteiger partial charge on any atom is 0.433 e. The molecule has 16 heavy (non-hydrogen) atoms. The van der Waals surface area contributed by atoms with E-state index in [4.69, 9.17) is 23.2 Å². The number of halogens is 7. The first kappa shape index (κ1) is 13.4. The van der Waals surface area contributed by atoms with Crippen LogP contribution in [0, 0.1) is 0 Å². The van der Waals surface area contributed by atoms with Gasteiger partial charge in [0.25, 0.3) is 6.43 Å².